The standard InChI is InChI=1S/C14H20N2O3S/c1-11-10-15(3)7-8-16(11)20(18,19)14-6-4-5-13(9-14)12(2)17/h4-6,9,11H,7-8,10H2,1-3H3. The van der Waals surface area contributed by atoms with Gasteiger partial charge in [0.1, 0.15) is 0 Å². The zero-order valence-electron chi connectivity index (χ0n) is 12.0. The minimum atomic E-state index is -3.54. The van der Waals surface area contributed by atoms with Crippen molar-refractivity contribution >= 4 is 15.8 Å². The van der Waals surface area contributed by atoms with Crippen molar-refractivity contribution in [1.29, 1.82) is 0 Å². The maximum absolute atomic E-state index is 12.7. The number of carbonyl (C=O) groups is 1. The van der Waals surface area contributed by atoms with Crippen molar-refractivity contribution in [3.05, 3.63) is 29.8 Å². The first-order valence-electron chi connectivity index (χ1n) is 6.64. The first-order chi connectivity index (χ1) is 9.32. The molecule has 1 aliphatic heterocycles. The summed E-state index contributed by atoms with van der Waals surface area (Å²) in [6.07, 6.45) is 0. The summed E-state index contributed by atoms with van der Waals surface area (Å²) < 4.78 is 26.9. The van der Waals surface area contributed by atoms with Crippen LogP contribution in [0.3, 0.4) is 0 Å². The largest absolute Gasteiger partial charge is 0.303 e. The molecule has 1 aromatic rings. The third-order valence-electron chi connectivity index (χ3n) is 3.62. The van der Waals surface area contributed by atoms with Gasteiger partial charge < -0.3 is 4.90 Å². The van der Waals surface area contributed by atoms with Gasteiger partial charge in [0.05, 0.1) is 4.90 Å². The molecule has 1 aliphatic rings. The van der Waals surface area contributed by atoms with Crippen LogP contribution in [0, 0.1) is 0 Å². The number of likely N-dealkylation sites (N-methyl/N-ethyl adjacent to an activating group) is 1. The maximum atomic E-state index is 12.7. The number of rotatable bonds is 3. The topological polar surface area (TPSA) is 57.7 Å². The van der Waals surface area contributed by atoms with Gasteiger partial charge in [-0.3, -0.25) is 4.79 Å². The second kappa shape index (κ2) is 5.63. The molecule has 0 aliphatic carbocycles. The van der Waals surface area contributed by atoms with Crippen LogP contribution in [0.15, 0.2) is 29.2 Å². The lowest BCUT2D eigenvalue weighted by molar-refractivity contribution is 0.101. The van der Waals surface area contributed by atoms with Crippen molar-refractivity contribution < 1.29 is 13.2 Å². The van der Waals surface area contributed by atoms with Crippen LogP contribution < -0.4 is 0 Å². The van der Waals surface area contributed by atoms with Crippen molar-refractivity contribution in [3.63, 3.8) is 0 Å². The number of hydrogen-bond donors (Lipinski definition) is 0. The number of carbonyl (C=O) groups excluding carboxylic acids is 1. The van der Waals surface area contributed by atoms with Gasteiger partial charge in [-0.15, -0.1) is 0 Å². The second-order valence-electron chi connectivity index (χ2n) is 5.31. The number of hydrogen-bond acceptors (Lipinski definition) is 4. The van der Waals surface area contributed by atoms with Gasteiger partial charge in [-0.1, -0.05) is 12.1 Å². The molecule has 1 fully saturated rings. The first-order valence-corrected chi connectivity index (χ1v) is 8.08. The highest BCUT2D eigenvalue weighted by atomic mass is 32.2. The summed E-state index contributed by atoms with van der Waals surface area (Å²) in [5.41, 5.74) is 0.424. The molecule has 5 nitrogen and oxygen atoms in total. The lowest BCUT2D eigenvalue weighted by Gasteiger charge is -2.37. The Kier molecular flexibility index (Phi) is 4.27. The molecule has 20 heavy (non-hydrogen) atoms. The fourth-order valence-corrected chi connectivity index (χ4v) is 4.15. The third-order valence-corrected chi connectivity index (χ3v) is 5.63. The van der Waals surface area contributed by atoms with Crippen molar-refractivity contribution in [1.82, 2.24) is 9.21 Å². The highest BCUT2D eigenvalue weighted by Gasteiger charge is 2.32. The molecule has 1 unspecified atom stereocenters. The molecule has 1 atom stereocenters. The van der Waals surface area contributed by atoms with Crippen LogP contribution in [-0.2, 0) is 10.0 Å². The van der Waals surface area contributed by atoms with Crippen molar-refractivity contribution in [2.45, 2.75) is 24.8 Å². The van der Waals surface area contributed by atoms with Gasteiger partial charge in [-0.25, -0.2) is 8.42 Å². The van der Waals surface area contributed by atoms with E-state index in [1.165, 1.54) is 17.3 Å². The van der Waals surface area contributed by atoms with Gasteiger partial charge in [0.2, 0.25) is 10.0 Å². The Labute approximate surface area is 120 Å². The van der Waals surface area contributed by atoms with Gasteiger partial charge in [-0.05, 0) is 33.0 Å². The predicted molar refractivity (Wildman–Crippen MR) is 77.3 cm³/mol. The van der Waals surface area contributed by atoms with E-state index in [1.54, 1.807) is 18.2 Å². The summed E-state index contributed by atoms with van der Waals surface area (Å²) in [6, 6.07) is 6.19. The van der Waals surface area contributed by atoms with E-state index in [0.29, 0.717) is 18.7 Å². The summed E-state index contributed by atoms with van der Waals surface area (Å²) in [4.78, 5) is 13.7. The zero-order valence-corrected chi connectivity index (χ0v) is 12.9. The molecule has 1 aromatic carbocycles. The third kappa shape index (κ3) is 2.92. The Balaban J connectivity index is 2.35. The Morgan fingerprint density at radius 3 is 2.60 bits per heavy atom. The van der Waals surface area contributed by atoms with E-state index < -0.39 is 10.0 Å². The van der Waals surface area contributed by atoms with E-state index in [4.69, 9.17) is 0 Å². The number of ketones is 1. The first kappa shape index (κ1) is 15.2. The SMILES string of the molecule is CC(=O)c1cccc(S(=O)(=O)N2CCN(C)CC2C)c1. The van der Waals surface area contributed by atoms with E-state index in [9.17, 15) is 13.2 Å². The molecule has 2 rings (SSSR count). The zero-order chi connectivity index (χ0) is 14.9. The van der Waals surface area contributed by atoms with Crippen molar-refractivity contribution in [2.24, 2.45) is 0 Å². The van der Waals surface area contributed by atoms with Crippen LogP contribution >= 0.6 is 0 Å². The van der Waals surface area contributed by atoms with Crippen molar-refractivity contribution in [2.75, 3.05) is 26.7 Å². The van der Waals surface area contributed by atoms with E-state index in [2.05, 4.69) is 4.90 Å². The van der Waals surface area contributed by atoms with E-state index in [-0.39, 0.29) is 16.7 Å². The highest BCUT2D eigenvalue weighted by molar-refractivity contribution is 7.89. The molecule has 0 aromatic heterocycles. The molecule has 1 saturated heterocycles. The minimum Gasteiger partial charge on any atom is -0.303 e. The number of nitrogens with zero attached hydrogens (tertiary/aromatic N) is 2. The molecule has 1 heterocycles. The van der Waals surface area contributed by atoms with Crippen LogP contribution in [0.2, 0.25) is 0 Å². The van der Waals surface area contributed by atoms with Crippen LogP contribution in [0.4, 0.5) is 0 Å². The molecular formula is C14H20N2O3S. The molecule has 0 spiro atoms. The van der Waals surface area contributed by atoms with Gasteiger partial charge in [0, 0.05) is 31.2 Å². The second-order valence-corrected chi connectivity index (χ2v) is 7.20. The summed E-state index contributed by atoms with van der Waals surface area (Å²) in [6.45, 7) is 5.25. The molecule has 0 N–H and O–H groups in total. The van der Waals surface area contributed by atoms with Gasteiger partial charge in [0.15, 0.2) is 5.78 Å². The summed E-state index contributed by atoms with van der Waals surface area (Å²) in [7, 11) is -1.55. The fourth-order valence-electron chi connectivity index (χ4n) is 2.49. The van der Waals surface area contributed by atoms with Crippen molar-refractivity contribution in [3.8, 4) is 0 Å². The lowest BCUT2D eigenvalue weighted by atomic mass is 10.2. The minimum absolute atomic E-state index is 0.0697. The summed E-state index contributed by atoms with van der Waals surface area (Å²) in [5.74, 6) is -0.131. The quantitative estimate of drug-likeness (QED) is 0.787. The van der Waals surface area contributed by atoms with Gasteiger partial charge in [-0.2, -0.15) is 4.31 Å². The molecule has 110 valence electrons. The van der Waals surface area contributed by atoms with Gasteiger partial charge in [0.25, 0.3) is 0 Å². The van der Waals surface area contributed by atoms with E-state index in [0.717, 1.165) is 6.54 Å². The monoisotopic (exact) mass is 296 g/mol. The molecule has 0 saturated carbocycles. The smallest absolute Gasteiger partial charge is 0.243 e. The number of Topliss-reactive ketones (excluding diaryl/α,β-unsaturated/α-hetero) is 1. The van der Waals surface area contributed by atoms with Crippen LogP contribution in [-0.4, -0.2) is 56.1 Å². The van der Waals surface area contributed by atoms with Gasteiger partial charge >= 0.3 is 0 Å². The summed E-state index contributed by atoms with van der Waals surface area (Å²) >= 11 is 0. The number of benzene rings is 1. The molecular weight excluding hydrogens is 276 g/mol. The molecule has 0 bridgehead atoms. The Bertz CT molecular complexity index is 613. The Morgan fingerprint density at radius 2 is 2.00 bits per heavy atom. The van der Waals surface area contributed by atoms with Crippen LogP contribution in [0.5, 0.6) is 0 Å². The van der Waals surface area contributed by atoms with Crippen LogP contribution in [0.1, 0.15) is 24.2 Å². The normalized spacial score (nSPS) is 21.9. The maximum Gasteiger partial charge on any atom is 0.243 e. The molecule has 6 heteroatoms. The summed E-state index contributed by atoms with van der Waals surface area (Å²) in [5, 5.41) is 0. The Hall–Kier alpha value is -1.24. The number of piperazine rings is 1. The van der Waals surface area contributed by atoms with E-state index in [1.807, 2.05) is 14.0 Å². The molecule has 0 amide bonds. The van der Waals surface area contributed by atoms with E-state index >= 15 is 0 Å². The predicted octanol–water partition coefficient (Wildman–Crippen LogP) is 1.21. The lowest BCUT2D eigenvalue weighted by Crippen LogP contribution is -2.52. The molecule has 0 radical (unpaired) electrons. The number of sulfonamides is 1. The average molecular weight is 296 g/mol. The average Bonchev–Trinajstić information content (AvgIpc) is 2.38. The fraction of sp³-hybridized carbons (Fsp3) is 0.500. The highest BCUT2D eigenvalue weighted by Crippen LogP contribution is 2.21. The Morgan fingerprint density at radius 1 is 1.30 bits per heavy atom. The van der Waals surface area contributed by atoms with Crippen LogP contribution in [0.25, 0.3) is 0 Å².